The SMILES string of the molecule is O=C(/C(=C\c1ccc(O)c([N+](=O)[O-])c1)Sc1ccc(Br)cc1)c1c(F)c(F)c(F)c(F)c1F. The second-order valence-electron chi connectivity index (χ2n) is 6.34. The largest absolute Gasteiger partial charge is 0.502 e. The van der Waals surface area contributed by atoms with E-state index in [0.717, 1.165) is 24.3 Å². The molecule has 170 valence electrons. The second kappa shape index (κ2) is 9.71. The first-order chi connectivity index (χ1) is 15.5. The lowest BCUT2D eigenvalue weighted by molar-refractivity contribution is -0.385. The van der Waals surface area contributed by atoms with Crippen LogP contribution in [0.1, 0.15) is 15.9 Å². The lowest BCUT2D eigenvalue weighted by Crippen LogP contribution is -2.13. The molecule has 3 aromatic rings. The summed E-state index contributed by atoms with van der Waals surface area (Å²) in [4.78, 5) is 23.0. The van der Waals surface area contributed by atoms with Crippen LogP contribution in [0.4, 0.5) is 27.6 Å². The number of halogens is 6. The van der Waals surface area contributed by atoms with Crippen LogP contribution in [0.25, 0.3) is 6.08 Å². The van der Waals surface area contributed by atoms with E-state index < -0.39 is 61.7 Å². The number of carbonyl (C=O) groups is 1. The lowest BCUT2D eigenvalue weighted by atomic mass is 10.1. The van der Waals surface area contributed by atoms with Crippen molar-refractivity contribution in [2.45, 2.75) is 4.90 Å². The van der Waals surface area contributed by atoms with Gasteiger partial charge in [0.1, 0.15) is 5.56 Å². The highest BCUT2D eigenvalue weighted by atomic mass is 79.9. The molecule has 0 fully saturated rings. The Kier molecular flexibility index (Phi) is 7.18. The molecule has 0 aromatic heterocycles. The van der Waals surface area contributed by atoms with Gasteiger partial charge in [-0.25, -0.2) is 22.0 Å². The van der Waals surface area contributed by atoms with Gasteiger partial charge in [-0.05, 0) is 42.0 Å². The predicted molar refractivity (Wildman–Crippen MR) is 113 cm³/mol. The van der Waals surface area contributed by atoms with Gasteiger partial charge < -0.3 is 5.11 Å². The van der Waals surface area contributed by atoms with E-state index >= 15 is 0 Å². The van der Waals surface area contributed by atoms with E-state index in [9.17, 15) is 42.0 Å². The van der Waals surface area contributed by atoms with Crippen molar-refractivity contribution in [1.29, 1.82) is 0 Å². The highest BCUT2D eigenvalue weighted by Crippen LogP contribution is 2.35. The standard InChI is InChI=1S/C21H9BrF5NO4S/c22-10-2-4-11(5-3-10)33-14(8-9-1-6-13(29)12(7-9)28(31)32)21(30)15-16(23)18(25)20(27)19(26)17(15)24/h1-8,29H/b14-8+. The van der Waals surface area contributed by atoms with E-state index in [2.05, 4.69) is 15.9 Å². The highest BCUT2D eigenvalue weighted by Gasteiger charge is 2.31. The van der Waals surface area contributed by atoms with Gasteiger partial charge in [0, 0.05) is 15.4 Å². The fraction of sp³-hybridized carbons (Fsp3) is 0. The Balaban J connectivity index is 2.19. The maximum Gasteiger partial charge on any atom is 0.311 e. The zero-order valence-electron chi connectivity index (χ0n) is 15.9. The molecule has 3 aromatic carbocycles. The van der Waals surface area contributed by atoms with Crippen molar-refractivity contribution in [3.05, 3.63) is 102 Å². The summed E-state index contributed by atoms with van der Waals surface area (Å²) >= 11 is 3.84. The molecule has 0 aliphatic carbocycles. The molecule has 3 rings (SSSR count). The molecule has 0 aliphatic heterocycles. The van der Waals surface area contributed by atoms with E-state index in [1.807, 2.05) is 0 Å². The highest BCUT2D eigenvalue weighted by molar-refractivity contribution is 9.10. The minimum Gasteiger partial charge on any atom is -0.502 e. The van der Waals surface area contributed by atoms with Gasteiger partial charge >= 0.3 is 5.69 Å². The van der Waals surface area contributed by atoms with Crippen molar-refractivity contribution in [3.63, 3.8) is 0 Å². The number of nitro groups is 1. The summed E-state index contributed by atoms with van der Waals surface area (Å²) < 4.78 is 69.9. The van der Waals surface area contributed by atoms with Crippen molar-refractivity contribution in [1.82, 2.24) is 0 Å². The number of allylic oxidation sites excluding steroid dienone is 1. The summed E-state index contributed by atoms with van der Waals surface area (Å²) in [6.45, 7) is 0. The van der Waals surface area contributed by atoms with Gasteiger partial charge in [-0.3, -0.25) is 14.9 Å². The van der Waals surface area contributed by atoms with Gasteiger partial charge in [0.05, 0.1) is 9.83 Å². The van der Waals surface area contributed by atoms with Crippen LogP contribution in [0.15, 0.2) is 56.7 Å². The van der Waals surface area contributed by atoms with Crippen molar-refractivity contribution in [2.75, 3.05) is 0 Å². The Hall–Kier alpha value is -3.25. The van der Waals surface area contributed by atoms with E-state index in [-0.39, 0.29) is 5.56 Å². The first kappa shape index (κ1) is 24.4. The fourth-order valence-corrected chi connectivity index (χ4v) is 3.81. The second-order valence-corrected chi connectivity index (χ2v) is 8.37. The van der Waals surface area contributed by atoms with Gasteiger partial charge in [-0.2, -0.15) is 0 Å². The van der Waals surface area contributed by atoms with Crippen LogP contribution in [0.3, 0.4) is 0 Å². The summed E-state index contributed by atoms with van der Waals surface area (Å²) in [5.41, 5.74) is -2.44. The van der Waals surface area contributed by atoms with Crippen molar-refractivity contribution >= 4 is 45.2 Å². The molecule has 33 heavy (non-hydrogen) atoms. The minimum atomic E-state index is -2.41. The Morgan fingerprint density at radius 1 is 0.939 bits per heavy atom. The molecule has 0 spiro atoms. The average molecular weight is 546 g/mol. The number of hydrogen-bond acceptors (Lipinski definition) is 5. The molecule has 0 bridgehead atoms. The number of aromatic hydroxyl groups is 1. The van der Waals surface area contributed by atoms with Crippen molar-refractivity contribution in [3.8, 4) is 5.75 Å². The van der Waals surface area contributed by atoms with Crippen LogP contribution in [0, 0.1) is 39.2 Å². The van der Waals surface area contributed by atoms with Gasteiger partial charge in [-0.15, -0.1) is 0 Å². The van der Waals surface area contributed by atoms with Gasteiger partial charge in [0.25, 0.3) is 0 Å². The number of benzene rings is 3. The smallest absolute Gasteiger partial charge is 0.311 e. The molecular weight excluding hydrogens is 537 g/mol. The molecule has 0 atom stereocenters. The number of nitrogens with zero attached hydrogens (tertiary/aromatic N) is 1. The van der Waals surface area contributed by atoms with Crippen LogP contribution in [0.2, 0.25) is 0 Å². The Morgan fingerprint density at radius 3 is 2.03 bits per heavy atom. The minimum absolute atomic E-state index is 0.0451. The number of nitro benzene ring substituents is 1. The number of hydrogen-bond donors (Lipinski definition) is 1. The number of Topliss-reactive ketones (excluding diaryl/α,β-unsaturated/α-hetero) is 1. The maximum atomic E-state index is 14.3. The summed E-state index contributed by atoms with van der Waals surface area (Å²) in [5, 5.41) is 20.7. The van der Waals surface area contributed by atoms with Crippen LogP contribution >= 0.6 is 27.7 Å². The molecule has 1 N–H and O–H groups in total. The number of carbonyl (C=O) groups excluding carboxylic acids is 1. The zero-order valence-corrected chi connectivity index (χ0v) is 18.3. The Bertz CT molecular complexity index is 1290. The Morgan fingerprint density at radius 2 is 1.48 bits per heavy atom. The molecule has 0 radical (unpaired) electrons. The summed E-state index contributed by atoms with van der Waals surface area (Å²) in [7, 11) is 0. The predicted octanol–water partition coefficient (Wildman–Crippen LogP) is 6.77. The summed E-state index contributed by atoms with van der Waals surface area (Å²) in [6.07, 6.45) is 0.972. The van der Waals surface area contributed by atoms with Crippen LogP contribution in [-0.2, 0) is 0 Å². The number of thioether (sulfide) groups is 1. The lowest BCUT2D eigenvalue weighted by Gasteiger charge is -2.11. The summed E-state index contributed by atoms with van der Waals surface area (Å²) in [5.74, 6) is -13.8. The Labute approximate surface area is 194 Å². The third-order valence-corrected chi connectivity index (χ3v) is 5.76. The molecule has 5 nitrogen and oxygen atoms in total. The zero-order chi connectivity index (χ0) is 24.4. The molecule has 0 unspecified atom stereocenters. The molecular formula is C21H9BrF5NO4S. The van der Waals surface area contributed by atoms with E-state index in [1.165, 1.54) is 12.1 Å². The topological polar surface area (TPSA) is 80.4 Å². The molecule has 0 aliphatic rings. The van der Waals surface area contributed by atoms with Gasteiger partial charge in [0.2, 0.25) is 11.6 Å². The van der Waals surface area contributed by atoms with Crippen LogP contribution < -0.4 is 0 Å². The van der Waals surface area contributed by atoms with E-state index in [4.69, 9.17) is 0 Å². The number of rotatable bonds is 6. The number of phenols is 1. The van der Waals surface area contributed by atoms with Crippen LogP contribution in [-0.4, -0.2) is 15.8 Å². The summed E-state index contributed by atoms with van der Waals surface area (Å²) in [6, 6.07) is 9.16. The molecule has 0 heterocycles. The molecule has 0 amide bonds. The van der Waals surface area contributed by atoms with Crippen LogP contribution in [0.5, 0.6) is 5.75 Å². The van der Waals surface area contributed by atoms with E-state index in [1.54, 1.807) is 12.1 Å². The number of phenolic OH excluding ortho intramolecular Hbond substituents is 1. The molecule has 12 heteroatoms. The third kappa shape index (κ3) is 5.06. The fourth-order valence-electron chi connectivity index (χ4n) is 2.63. The average Bonchev–Trinajstić information content (AvgIpc) is 2.78. The first-order valence-electron chi connectivity index (χ1n) is 8.70. The molecule has 0 saturated heterocycles. The van der Waals surface area contributed by atoms with E-state index in [0.29, 0.717) is 21.1 Å². The third-order valence-electron chi connectivity index (χ3n) is 4.20. The van der Waals surface area contributed by atoms with Crippen molar-refractivity contribution < 1.29 is 36.8 Å². The maximum absolute atomic E-state index is 14.3. The quantitative estimate of drug-likeness (QED) is 0.0540. The normalized spacial score (nSPS) is 11.5. The first-order valence-corrected chi connectivity index (χ1v) is 10.3. The van der Waals surface area contributed by atoms with Crippen molar-refractivity contribution in [2.24, 2.45) is 0 Å². The van der Waals surface area contributed by atoms with Gasteiger partial charge in [-0.1, -0.05) is 33.8 Å². The monoisotopic (exact) mass is 545 g/mol. The molecule has 0 saturated carbocycles. The number of ketones is 1. The van der Waals surface area contributed by atoms with Gasteiger partial charge in [0.15, 0.2) is 29.0 Å².